The Morgan fingerprint density at radius 2 is 1.86 bits per heavy atom. The van der Waals surface area contributed by atoms with Gasteiger partial charge in [0.05, 0.1) is 0 Å². The lowest BCUT2D eigenvalue weighted by atomic mass is 10.0. The Kier molecular flexibility index (Phi) is 6.08. The molecule has 28 heavy (non-hydrogen) atoms. The molecular weight excluding hydrogens is 356 g/mol. The van der Waals surface area contributed by atoms with Gasteiger partial charge >= 0.3 is 5.63 Å². The number of benzene rings is 1. The summed E-state index contributed by atoms with van der Waals surface area (Å²) in [7, 11) is 0. The maximum Gasteiger partial charge on any atom is 0.339 e. The average molecular weight is 386 g/mol. The highest BCUT2D eigenvalue weighted by Gasteiger charge is 2.24. The van der Waals surface area contributed by atoms with Gasteiger partial charge in [0.25, 0.3) is 5.91 Å². The Morgan fingerprint density at radius 3 is 2.50 bits per heavy atom. The molecular formula is C22H30N2O4. The number of carbonyl (C=O) groups is 1. The average Bonchev–Trinajstić information content (AvgIpc) is 2.66. The molecule has 3 rings (SSSR count). The molecule has 1 aromatic heterocycles. The number of piperidine rings is 1. The number of ether oxygens (including phenoxy) is 1. The number of amides is 1. The topological polar surface area (TPSA) is 71.8 Å². The number of hydrogen-bond acceptors (Lipinski definition) is 5. The molecule has 0 radical (unpaired) electrons. The Bertz CT molecular complexity index is 911. The van der Waals surface area contributed by atoms with Crippen LogP contribution in [0.3, 0.4) is 0 Å². The molecule has 1 aliphatic heterocycles. The van der Waals surface area contributed by atoms with E-state index in [1.54, 1.807) is 26.0 Å². The zero-order valence-electron chi connectivity index (χ0n) is 17.4. The highest BCUT2D eigenvalue weighted by molar-refractivity contribution is 5.83. The molecule has 1 unspecified atom stereocenters. The van der Waals surface area contributed by atoms with E-state index in [0.29, 0.717) is 22.9 Å². The van der Waals surface area contributed by atoms with E-state index in [4.69, 9.17) is 9.15 Å². The first-order valence-corrected chi connectivity index (χ1v) is 10.0. The normalized spacial score (nSPS) is 17.1. The van der Waals surface area contributed by atoms with Crippen LogP contribution in [0, 0.1) is 13.8 Å². The monoisotopic (exact) mass is 386 g/mol. The smallest absolute Gasteiger partial charge is 0.339 e. The van der Waals surface area contributed by atoms with Gasteiger partial charge < -0.3 is 19.4 Å². The molecule has 1 atom stereocenters. The van der Waals surface area contributed by atoms with Crippen molar-refractivity contribution in [1.29, 1.82) is 0 Å². The summed E-state index contributed by atoms with van der Waals surface area (Å²) in [5.41, 5.74) is 1.63. The zero-order valence-corrected chi connectivity index (χ0v) is 17.4. The fourth-order valence-corrected chi connectivity index (χ4v) is 3.64. The number of aryl methyl sites for hydroxylation is 1. The van der Waals surface area contributed by atoms with Crippen molar-refractivity contribution in [3.8, 4) is 5.75 Å². The second-order valence-electron chi connectivity index (χ2n) is 7.97. The maximum absolute atomic E-state index is 12.5. The first-order chi connectivity index (χ1) is 13.3. The van der Waals surface area contributed by atoms with Gasteiger partial charge in [0.2, 0.25) is 0 Å². The molecule has 0 spiro atoms. The Balaban J connectivity index is 1.62. The molecule has 1 fully saturated rings. The van der Waals surface area contributed by atoms with Crippen molar-refractivity contribution in [2.24, 2.45) is 0 Å². The predicted octanol–water partition coefficient (Wildman–Crippen LogP) is 3.17. The van der Waals surface area contributed by atoms with Crippen LogP contribution in [0.5, 0.6) is 5.75 Å². The third kappa shape index (κ3) is 4.38. The number of nitrogens with zero attached hydrogens (tertiary/aromatic N) is 1. The number of rotatable bonds is 5. The number of likely N-dealkylation sites (tertiary alicyclic amines) is 1. The third-order valence-corrected chi connectivity index (χ3v) is 5.72. The van der Waals surface area contributed by atoms with Gasteiger partial charge in [-0.05, 0) is 65.2 Å². The SMILES string of the molecule is Cc1c(C)c2ccc(OC(C)C(=O)NC3CCN(C(C)C)CC3)cc2oc1=O. The molecule has 2 aromatic rings. The van der Waals surface area contributed by atoms with Crippen LogP contribution in [0.25, 0.3) is 11.0 Å². The summed E-state index contributed by atoms with van der Waals surface area (Å²) in [6.07, 6.45) is 1.28. The van der Waals surface area contributed by atoms with Crippen molar-refractivity contribution in [3.63, 3.8) is 0 Å². The Morgan fingerprint density at radius 1 is 1.18 bits per heavy atom. The van der Waals surface area contributed by atoms with E-state index in [9.17, 15) is 9.59 Å². The lowest BCUT2D eigenvalue weighted by molar-refractivity contribution is -0.128. The number of carbonyl (C=O) groups excluding carboxylic acids is 1. The molecule has 0 saturated carbocycles. The van der Waals surface area contributed by atoms with E-state index in [-0.39, 0.29) is 17.6 Å². The largest absolute Gasteiger partial charge is 0.481 e. The second-order valence-corrected chi connectivity index (χ2v) is 7.97. The van der Waals surface area contributed by atoms with Gasteiger partial charge in [0, 0.05) is 42.2 Å². The summed E-state index contributed by atoms with van der Waals surface area (Å²) in [4.78, 5) is 26.9. The Hall–Kier alpha value is -2.34. The molecule has 1 aliphatic rings. The maximum atomic E-state index is 12.5. The van der Waals surface area contributed by atoms with E-state index in [2.05, 4.69) is 24.1 Å². The van der Waals surface area contributed by atoms with E-state index in [1.165, 1.54) is 0 Å². The summed E-state index contributed by atoms with van der Waals surface area (Å²) < 4.78 is 11.2. The number of nitrogens with one attached hydrogen (secondary N) is 1. The molecule has 6 nitrogen and oxygen atoms in total. The molecule has 0 aliphatic carbocycles. The van der Waals surface area contributed by atoms with Crippen molar-refractivity contribution in [1.82, 2.24) is 10.2 Å². The van der Waals surface area contributed by atoms with Crippen LogP contribution in [0.15, 0.2) is 27.4 Å². The highest BCUT2D eigenvalue weighted by atomic mass is 16.5. The minimum Gasteiger partial charge on any atom is -0.481 e. The second kappa shape index (κ2) is 8.35. The van der Waals surface area contributed by atoms with Crippen LogP contribution in [0.1, 0.15) is 44.7 Å². The molecule has 1 saturated heterocycles. The van der Waals surface area contributed by atoms with Gasteiger partial charge in [0.15, 0.2) is 6.10 Å². The van der Waals surface area contributed by atoms with Crippen LogP contribution in [0.2, 0.25) is 0 Å². The molecule has 1 aromatic carbocycles. The van der Waals surface area contributed by atoms with E-state index in [0.717, 1.165) is 36.9 Å². The summed E-state index contributed by atoms with van der Waals surface area (Å²) in [5, 5.41) is 3.97. The lowest BCUT2D eigenvalue weighted by Gasteiger charge is -2.35. The van der Waals surface area contributed by atoms with Gasteiger partial charge in [-0.15, -0.1) is 0 Å². The van der Waals surface area contributed by atoms with Gasteiger partial charge in [0.1, 0.15) is 11.3 Å². The van der Waals surface area contributed by atoms with Crippen molar-refractivity contribution in [2.45, 2.75) is 65.6 Å². The van der Waals surface area contributed by atoms with Crippen LogP contribution in [-0.4, -0.2) is 42.1 Å². The first-order valence-electron chi connectivity index (χ1n) is 10.0. The Labute approximate surface area is 165 Å². The van der Waals surface area contributed by atoms with Gasteiger partial charge in [-0.3, -0.25) is 4.79 Å². The van der Waals surface area contributed by atoms with Crippen molar-refractivity contribution in [2.75, 3.05) is 13.1 Å². The predicted molar refractivity (Wildman–Crippen MR) is 110 cm³/mol. The van der Waals surface area contributed by atoms with Gasteiger partial charge in [-0.25, -0.2) is 4.79 Å². The minimum atomic E-state index is -0.626. The zero-order chi connectivity index (χ0) is 20.4. The van der Waals surface area contributed by atoms with Crippen LogP contribution >= 0.6 is 0 Å². The van der Waals surface area contributed by atoms with Crippen molar-refractivity contribution < 1.29 is 13.9 Å². The standard InChI is InChI=1S/C22H30N2O4/c1-13(2)24-10-8-17(9-11-24)23-21(25)16(5)27-18-6-7-19-14(3)15(4)22(26)28-20(19)12-18/h6-7,12-13,16-17H,8-11H2,1-5H3,(H,23,25). The van der Waals surface area contributed by atoms with Crippen LogP contribution < -0.4 is 15.7 Å². The van der Waals surface area contributed by atoms with E-state index >= 15 is 0 Å². The fraction of sp³-hybridized carbons (Fsp3) is 0.545. The molecule has 0 bridgehead atoms. The quantitative estimate of drug-likeness (QED) is 0.799. The van der Waals surface area contributed by atoms with Crippen molar-refractivity contribution >= 4 is 16.9 Å². The molecule has 6 heteroatoms. The minimum absolute atomic E-state index is 0.121. The van der Waals surface area contributed by atoms with Gasteiger partial charge in [-0.2, -0.15) is 0 Å². The lowest BCUT2D eigenvalue weighted by Crippen LogP contribution is -2.49. The number of fused-ring (bicyclic) bond motifs is 1. The van der Waals surface area contributed by atoms with Crippen LogP contribution in [-0.2, 0) is 4.79 Å². The molecule has 2 heterocycles. The van der Waals surface area contributed by atoms with E-state index in [1.807, 2.05) is 13.0 Å². The summed E-state index contributed by atoms with van der Waals surface area (Å²) in [6.45, 7) is 11.8. The third-order valence-electron chi connectivity index (χ3n) is 5.72. The van der Waals surface area contributed by atoms with Crippen LogP contribution in [0.4, 0.5) is 0 Å². The summed E-state index contributed by atoms with van der Waals surface area (Å²) in [6, 6.07) is 6.07. The summed E-state index contributed by atoms with van der Waals surface area (Å²) >= 11 is 0. The highest BCUT2D eigenvalue weighted by Crippen LogP contribution is 2.24. The number of hydrogen-bond donors (Lipinski definition) is 1. The molecule has 1 amide bonds. The van der Waals surface area contributed by atoms with Crippen molar-refractivity contribution in [3.05, 3.63) is 39.7 Å². The fourth-order valence-electron chi connectivity index (χ4n) is 3.64. The first kappa shape index (κ1) is 20.4. The summed E-state index contributed by atoms with van der Waals surface area (Å²) in [5.74, 6) is 0.390. The van der Waals surface area contributed by atoms with Gasteiger partial charge in [-0.1, -0.05) is 0 Å². The molecule has 1 N–H and O–H groups in total. The van der Waals surface area contributed by atoms with E-state index < -0.39 is 6.10 Å². The molecule has 152 valence electrons.